The third-order valence-electron chi connectivity index (χ3n) is 3.43. The van der Waals surface area contributed by atoms with Crippen LogP contribution in [0.15, 0.2) is 18.2 Å². The van der Waals surface area contributed by atoms with Crippen LogP contribution in [-0.2, 0) is 4.79 Å². The lowest BCUT2D eigenvalue weighted by Gasteiger charge is -2.27. The van der Waals surface area contributed by atoms with E-state index in [1.54, 1.807) is 18.0 Å². The molecule has 1 amide bonds. The molecule has 0 fully saturated rings. The summed E-state index contributed by atoms with van der Waals surface area (Å²) in [5, 5.41) is 11.8. The van der Waals surface area contributed by atoms with Crippen LogP contribution >= 0.6 is 0 Å². The number of anilines is 2. The van der Waals surface area contributed by atoms with E-state index in [0.717, 1.165) is 6.42 Å². The Labute approximate surface area is 124 Å². The molecule has 4 N–H and O–H groups in total. The monoisotopic (exact) mass is 293 g/mol. The minimum atomic E-state index is -1.03. The van der Waals surface area contributed by atoms with Crippen molar-refractivity contribution in [3.05, 3.63) is 23.8 Å². The van der Waals surface area contributed by atoms with Crippen molar-refractivity contribution in [1.29, 1.82) is 0 Å². The van der Waals surface area contributed by atoms with Crippen LogP contribution in [0.4, 0.5) is 11.4 Å². The van der Waals surface area contributed by atoms with Gasteiger partial charge in [0.2, 0.25) is 5.91 Å². The summed E-state index contributed by atoms with van der Waals surface area (Å²) in [5.74, 6) is -1.13. The summed E-state index contributed by atoms with van der Waals surface area (Å²) in [4.78, 5) is 24.6. The zero-order chi connectivity index (χ0) is 16.2. The SMILES string of the molecule is CCC(C)(C)NC(=O)CN(C)c1ccc(C(=O)O)cc1N. The van der Waals surface area contributed by atoms with Gasteiger partial charge < -0.3 is 21.1 Å². The lowest BCUT2D eigenvalue weighted by molar-refractivity contribution is -0.121. The number of carbonyl (C=O) groups excluding carboxylic acids is 1. The number of nitrogens with two attached hydrogens (primary N) is 1. The third-order valence-corrected chi connectivity index (χ3v) is 3.43. The van der Waals surface area contributed by atoms with Gasteiger partial charge in [-0.1, -0.05) is 6.92 Å². The minimum absolute atomic E-state index is 0.105. The van der Waals surface area contributed by atoms with Crippen molar-refractivity contribution in [3.63, 3.8) is 0 Å². The number of nitrogens with one attached hydrogen (secondary N) is 1. The number of likely N-dealkylation sites (N-methyl/N-ethyl adjacent to an activating group) is 1. The number of carboxylic acid groups (broad SMARTS) is 1. The minimum Gasteiger partial charge on any atom is -0.478 e. The number of benzene rings is 1. The lowest BCUT2D eigenvalue weighted by atomic mass is 10.0. The number of rotatable bonds is 6. The highest BCUT2D eigenvalue weighted by molar-refractivity contribution is 5.91. The third kappa shape index (κ3) is 4.66. The molecule has 0 saturated carbocycles. The van der Waals surface area contributed by atoms with Gasteiger partial charge in [-0.3, -0.25) is 4.79 Å². The zero-order valence-corrected chi connectivity index (χ0v) is 12.9. The standard InChI is InChI=1S/C15H23N3O3/c1-5-15(2,3)17-13(19)9-18(4)12-7-6-10(14(20)21)8-11(12)16/h6-8H,5,9,16H2,1-4H3,(H,17,19)(H,20,21). The molecule has 0 spiro atoms. The fraction of sp³-hybridized carbons (Fsp3) is 0.467. The van der Waals surface area contributed by atoms with Gasteiger partial charge in [0.25, 0.3) is 0 Å². The molecule has 1 aromatic carbocycles. The Kier molecular flexibility index (Phi) is 5.18. The molecule has 0 radical (unpaired) electrons. The van der Waals surface area contributed by atoms with Gasteiger partial charge in [0, 0.05) is 12.6 Å². The molecule has 6 heteroatoms. The Morgan fingerprint density at radius 3 is 2.48 bits per heavy atom. The number of aromatic carboxylic acids is 1. The molecule has 0 saturated heterocycles. The van der Waals surface area contributed by atoms with Crippen molar-refractivity contribution in [2.24, 2.45) is 0 Å². The molecule has 0 bridgehead atoms. The number of carboxylic acids is 1. The van der Waals surface area contributed by atoms with Crippen LogP contribution in [0.25, 0.3) is 0 Å². The number of nitrogens with zero attached hydrogens (tertiary/aromatic N) is 1. The smallest absolute Gasteiger partial charge is 0.335 e. The second-order valence-corrected chi connectivity index (χ2v) is 5.72. The Morgan fingerprint density at radius 1 is 1.38 bits per heavy atom. The molecule has 0 aliphatic rings. The van der Waals surface area contributed by atoms with Crippen LogP contribution in [-0.4, -0.2) is 36.1 Å². The molecule has 0 unspecified atom stereocenters. The quantitative estimate of drug-likeness (QED) is 0.694. The molecular weight excluding hydrogens is 270 g/mol. The van der Waals surface area contributed by atoms with Crippen LogP contribution in [0.1, 0.15) is 37.6 Å². The molecule has 0 atom stereocenters. The molecule has 0 aliphatic heterocycles. The van der Waals surface area contributed by atoms with E-state index in [9.17, 15) is 9.59 Å². The Bertz CT molecular complexity index is 541. The second kappa shape index (κ2) is 6.47. The van der Waals surface area contributed by atoms with Crippen LogP contribution in [0.3, 0.4) is 0 Å². The summed E-state index contributed by atoms with van der Waals surface area (Å²) >= 11 is 0. The lowest BCUT2D eigenvalue weighted by Crippen LogP contribution is -2.46. The van der Waals surface area contributed by atoms with Crippen LogP contribution in [0.2, 0.25) is 0 Å². The highest BCUT2D eigenvalue weighted by Crippen LogP contribution is 2.23. The maximum absolute atomic E-state index is 12.0. The van der Waals surface area contributed by atoms with Crippen molar-refractivity contribution < 1.29 is 14.7 Å². The molecule has 0 heterocycles. The van der Waals surface area contributed by atoms with E-state index in [1.165, 1.54) is 12.1 Å². The molecule has 1 rings (SSSR count). The van der Waals surface area contributed by atoms with Gasteiger partial charge in [-0.2, -0.15) is 0 Å². The predicted octanol–water partition coefficient (Wildman–Crippen LogP) is 1.71. The average molecular weight is 293 g/mol. The number of carbonyl (C=O) groups is 2. The number of hydrogen-bond donors (Lipinski definition) is 3. The summed E-state index contributed by atoms with van der Waals surface area (Å²) in [6.45, 7) is 6.08. The fourth-order valence-electron chi connectivity index (χ4n) is 1.84. The predicted molar refractivity (Wildman–Crippen MR) is 83.6 cm³/mol. The van der Waals surface area contributed by atoms with E-state index in [-0.39, 0.29) is 23.6 Å². The summed E-state index contributed by atoms with van der Waals surface area (Å²) in [5.41, 5.74) is 6.69. The van der Waals surface area contributed by atoms with Crippen LogP contribution in [0, 0.1) is 0 Å². The Hall–Kier alpha value is -2.24. The highest BCUT2D eigenvalue weighted by atomic mass is 16.4. The van der Waals surface area contributed by atoms with Gasteiger partial charge in [-0.25, -0.2) is 4.79 Å². The summed E-state index contributed by atoms with van der Waals surface area (Å²) < 4.78 is 0. The van der Waals surface area contributed by atoms with E-state index in [4.69, 9.17) is 10.8 Å². The van der Waals surface area contributed by atoms with Crippen LogP contribution < -0.4 is 16.0 Å². The van der Waals surface area contributed by atoms with Gasteiger partial charge in [0.15, 0.2) is 0 Å². The van der Waals surface area contributed by atoms with E-state index in [0.29, 0.717) is 11.4 Å². The second-order valence-electron chi connectivity index (χ2n) is 5.72. The van der Waals surface area contributed by atoms with Crippen molar-refractivity contribution in [2.45, 2.75) is 32.7 Å². The summed E-state index contributed by atoms with van der Waals surface area (Å²) in [7, 11) is 1.74. The van der Waals surface area contributed by atoms with E-state index in [1.807, 2.05) is 20.8 Å². The van der Waals surface area contributed by atoms with Crippen LogP contribution in [0.5, 0.6) is 0 Å². The van der Waals surface area contributed by atoms with Crippen molar-refractivity contribution in [1.82, 2.24) is 5.32 Å². The van der Waals surface area contributed by atoms with Gasteiger partial charge in [0.1, 0.15) is 0 Å². The van der Waals surface area contributed by atoms with Gasteiger partial charge >= 0.3 is 5.97 Å². The first-order valence-electron chi connectivity index (χ1n) is 6.81. The van der Waals surface area contributed by atoms with Gasteiger partial charge in [-0.05, 0) is 38.5 Å². The fourth-order valence-corrected chi connectivity index (χ4v) is 1.84. The number of hydrogen-bond acceptors (Lipinski definition) is 4. The first-order chi connectivity index (χ1) is 9.66. The molecule has 21 heavy (non-hydrogen) atoms. The maximum Gasteiger partial charge on any atom is 0.335 e. The molecule has 6 nitrogen and oxygen atoms in total. The summed E-state index contributed by atoms with van der Waals surface area (Å²) in [6.07, 6.45) is 0.831. The molecule has 0 aromatic heterocycles. The zero-order valence-electron chi connectivity index (χ0n) is 12.9. The van der Waals surface area contributed by atoms with Gasteiger partial charge in [0.05, 0.1) is 23.5 Å². The highest BCUT2D eigenvalue weighted by Gasteiger charge is 2.19. The largest absolute Gasteiger partial charge is 0.478 e. The van der Waals surface area contributed by atoms with Gasteiger partial charge in [-0.15, -0.1) is 0 Å². The molecule has 0 aliphatic carbocycles. The van der Waals surface area contributed by atoms with E-state index >= 15 is 0 Å². The first kappa shape index (κ1) is 16.8. The molecule has 1 aromatic rings. The molecular formula is C15H23N3O3. The average Bonchev–Trinajstić information content (AvgIpc) is 2.37. The first-order valence-corrected chi connectivity index (χ1v) is 6.81. The number of nitrogen functional groups attached to an aromatic ring is 1. The Balaban J connectivity index is 2.78. The summed E-state index contributed by atoms with van der Waals surface area (Å²) in [6, 6.07) is 4.47. The molecule has 116 valence electrons. The van der Waals surface area contributed by atoms with E-state index < -0.39 is 5.97 Å². The Morgan fingerprint density at radius 2 is 2.00 bits per heavy atom. The van der Waals surface area contributed by atoms with Crippen molar-refractivity contribution >= 4 is 23.3 Å². The van der Waals surface area contributed by atoms with E-state index in [2.05, 4.69) is 5.32 Å². The van der Waals surface area contributed by atoms with Crippen molar-refractivity contribution in [2.75, 3.05) is 24.2 Å². The van der Waals surface area contributed by atoms with Crippen molar-refractivity contribution in [3.8, 4) is 0 Å². The normalized spacial score (nSPS) is 11.0. The topological polar surface area (TPSA) is 95.7 Å². The number of amides is 1. The maximum atomic E-state index is 12.0.